The standard InChI is InChI=1S/C21H24N2O5/c1-26-20(24)22-10-12-27-13-11-23-21(25)28-14-19-17-8-4-2-6-15(17)16-7-3-5-9-18(16)19/h2-9,19H,10-14H2,1H3,(H,22,24)(H,23,25). The van der Waals surface area contributed by atoms with Crippen molar-refractivity contribution in [1.82, 2.24) is 10.6 Å². The number of fused-ring (bicyclic) bond motifs is 3. The number of nitrogens with one attached hydrogen (secondary N) is 2. The highest BCUT2D eigenvalue weighted by Gasteiger charge is 2.28. The van der Waals surface area contributed by atoms with Gasteiger partial charge in [-0.25, -0.2) is 9.59 Å². The Morgan fingerprint density at radius 1 is 0.857 bits per heavy atom. The summed E-state index contributed by atoms with van der Waals surface area (Å²) in [6.07, 6.45) is -0.974. The molecule has 0 atom stereocenters. The van der Waals surface area contributed by atoms with Crippen molar-refractivity contribution in [1.29, 1.82) is 0 Å². The van der Waals surface area contributed by atoms with Gasteiger partial charge in [0.2, 0.25) is 0 Å². The molecule has 2 N–H and O–H groups in total. The fourth-order valence-corrected chi connectivity index (χ4v) is 3.27. The van der Waals surface area contributed by atoms with E-state index in [9.17, 15) is 9.59 Å². The van der Waals surface area contributed by atoms with E-state index < -0.39 is 12.2 Å². The van der Waals surface area contributed by atoms with E-state index in [1.807, 2.05) is 24.3 Å². The number of rotatable bonds is 8. The molecule has 1 aliphatic rings. The molecule has 0 bridgehead atoms. The van der Waals surface area contributed by atoms with Gasteiger partial charge < -0.3 is 24.8 Å². The van der Waals surface area contributed by atoms with E-state index in [-0.39, 0.29) is 12.5 Å². The highest BCUT2D eigenvalue weighted by molar-refractivity contribution is 5.79. The Kier molecular flexibility index (Phi) is 6.86. The zero-order valence-electron chi connectivity index (χ0n) is 15.8. The molecule has 28 heavy (non-hydrogen) atoms. The summed E-state index contributed by atoms with van der Waals surface area (Å²) in [6, 6.07) is 16.4. The van der Waals surface area contributed by atoms with Gasteiger partial charge in [-0.2, -0.15) is 0 Å². The molecule has 0 saturated carbocycles. The molecular formula is C21H24N2O5. The van der Waals surface area contributed by atoms with Crippen LogP contribution in [0.4, 0.5) is 9.59 Å². The molecule has 0 fully saturated rings. The first-order chi connectivity index (χ1) is 13.7. The fraction of sp³-hybridized carbons (Fsp3) is 0.333. The summed E-state index contributed by atoms with van der Waals surface area (Å²) in [7, 11) is 1.30. The Hall–Kier alpha value is -3.06. The smallest absolute Gasteiger partial charge is 0.407 e. The van der Waals surface area contributed by atoms with Crippen LogP contribution in [0, 0.1) is 0 Å². The minimum Gasteiger partial charge on any atom is -0.453 e. The van der Waals surface area contributed by atoms with Gasteiger partial charge in [-0.1, -0.05) is 48.5 Å². The van der Waals surface area contributed by atoms with Gasteiger partial charge >= 0.3 is 12.2 Å². The lowest BCUT2D eigenvalue weighted by atomic mass is 9.98. The maximum atomic E-state index is 12.0. The highest BCUT2D eigenvalue weighted by Crippen LogP contribution is 2.44. The third-order valence-electron chi connectivity index (χ3n) is 4.56. The molecule has 148 valence electrons. The number of carbonyl (C=O) groups excluding carboxylic acids is 2. The third kappa shape index (κ3) is 4.80. The number of ether oxygens (including phenoxy) is 3. The van der Waals surface area contributed by atoms with Gasteiger partial charge in [0, 0.05) is 19.0 Å². The molecule has 2 aromatic rings. The molecule has 0 unspecified atom stereocenters. The SMILES string of the molecule is COC(=O)NCCOCCNC(=O)OCC1c2ccccc2-c2ccccc21. The molecule has 0 spiro atoms. The first-order valence-electron chi connectivity index (χ1n) is 9.19. The largest absolute Gasteiger partial charge is 0.453 e. The molecule has 2 amide bonds. The number of carbonyl (C=O) groups is 2. The maximum Gasteiger partial charge on any atom is 0.407 e. The first kappa shape index (κ1) is 19.7. The van der Waals surface area contributed by atoms with Gasteiger partial charge in [-0.15, -0.1) is 0 Å². The van der Waals surface area contributed by atoms with E-state index >= 15 is 0 Å². The van der Waals surface area contributed by atoms with Gasteiger partial charge in [-0.05, 0) is 22.3 Å². The van der Waals surface area contributed by atoms with Crippen molar-refractivity contribution in [3.05, 3.63) is 59.7 Å². The van der Waals surface area contributed by atoms with Crippen LogP contribution in [0.25, 0.3) is 11.1 Å². The Morgan fingerprint density at radius 3 is 1.96 bits per heavy atom. The third-order valence-corrected chi connectivity index (χ3v) is 4.56. The summed E-state index contributed by atoms with van der Waals surface area (Å²) >= 11 is 0. The first-order valence-corrected chi connectivity index (χ1v) is 9.19. The van der Waals surface area contributed by atoms with Gasteiger partial charge in [-0.3, -0.25) is 0 Å². The second-order valence-electron chi connectivity index (χ2n) is 6.28. The number of alkyl carbamates (subject to hydrolysis) is 2. The van der Waals surface area contributed by atoms with Crippen molar-refractivity contribution in [3.63, 3.8) is 0 Å². The van der Waals surface area contributed by atoms with Crippen LogP contribution in [0.3, 0.4) is 0 Å². The van der Waals surface area contributed by atoms with E-state index in [2.05, 4.69) is 39.6 Å². The van der Waals surface area contributed by atoms with E-state index in [0.29, 0.717) is 26.3 Å². The Labute approximate surface area is 164 Å². The molecule has 0 aromatic heterocycles. The van der Waals surface area contributed by atoms with Gasteiger partial charge in [0.25, 0.3) is 0 Å². The molecular weight excluding hydrogens is 360 g/mol. The van der Waals surface area contributed by atoms with Crippen LogP contribution in [-0.4, -0.2) is 52.2 Å². The van der Waals surface area contributed by atoms with Crippen LogP contribution < -0.4 is 10.6 Å². The van der Waals surface area contributed by atoms with Crippen molar-refractivity contribution >= 4 is 12.2 Å². The van der Waals surface area contributed by atoms with Crippen molar-refractivity contribution in [2.75, 3.05) is 40.0 Å². The molecule has 0 heterocycles. The molecule has 7 heteroatoms. The fourth-order valence-electron chi connectivity index (χ4n) is 3.27. The second-order valence-corrected chi connectivity index (χ2v) is 6.28. The van der Waals surface area contributed by atoms with Crippen LogP contribution in [0.15, 0.2) is 48.5 Å². The summed E-state index contributed by atoms with van der Waals surface area (Å²) in [5.74, 6) is 0.0406. The molecule has 2 aromatic carbocycles. The quantitative estimate of drug-likeness (QED) is 0.684. The predicted molar refractivity (Wildman–Crippen MR) is 104 cm³/mol. The second kappa shape index (κ2) is 9.75. The van der Waals surface area contributed by atoms with Gasteiger partial charge in [0.15, 0.2) is 0 Å². The van der Waals surface area contributed by atoms with Gasteiger partial charge in [0.05, 0.1) is 20.3 Å². The lowest BCUT2D eigenvalue weighted by molar-refractivity contribution is 0.119. The molecule has 3 rings (SSSR count). The van der Waals surface area contributed by atoms with E-state index in [1.165, 1.54) is 29.4 Å². The molecule has 0 aliphatic heterocycles. The normalized spacial score (nSPS) is 12.0. The van der Waals surface area contributed by atoms with Crippen LogP contribution in [0.1, 0.15) is 17.0 Å². The van der Waals surface area contributed by atoms with Crippen molar-refractivity contribution in [3.8, 4) is 11.1 Å². The maximum absolute atomic E-state index is 12.0. The van der Waals surface area contributed by atoms with Crippen LogP contribution in [0.2, 0.25) is 0 Å². The molecule has 0 saturated heterocycles. The van der Waals surface area contributed by atoms with Crippen LogP contribution >= 0.6 is 0 Å². The molecule has 7 nitrogen and oxygen atoms in total. The summed E-state index contributed by atoms with van der Waals surface area (Å²) in [4.78, 5) is 22.8. The minimum absolute atomic E-state index is 0.0406. The predicted octanol–water partition coefficient (Wildman–Crippen LogP) is 2.90. The topological polar surface area (TPSA) is 85.9 Å². The number of hydrogen-bond acceptors (Lipinski definition) is 5. The summed E-state index contributed by atoms with van der Waals surface area (Å²) in [5.41, 5.74) is 4.75. The minimum atomic E-state index is -0.500. The number of benzene rings is 2. The van der Waals surface area contributed by atoms with Crippen molar-refractivity contribution < 1.29 is 23.8 Å². The van der Waals surface area contributed by atoms with Crippen molar-refractivity contribution in [2.24, 2.45) is 0 Å². The average Bonchev–Trinajstić information content (AvgIpc) is 3.05. The zero-order valence-corrected chi connectivity index (χ0v) is 15.8. The van der Waals surface area contributed by atoms with Crippen molar-refractivity contribution in [2.45, 2.75) is 5.92 Å². The van der Waals surface area contributed by atoms with E-state index in [0.717, 1.165) is 0 Å². The number of amides is 2. The zero-order chi connectivity index (χ0) is 19.8. The van der Waals surface area contributed by atoms with E-state index in [4.69, 9.17) is 9.47 Å². The summed E-state index contributed by atoms with van der Waals surface area (Å²) in [6.45, 7) is 1.62. The lowest BCUT2D eigenvalue weighted by Crippen LogP contribution is -2.31. The lowest BCUT2D eigenvalue weighted by Gasteiger charge is -2.14. The Morgan fingerprint density at radius 2 is 1.39 bits per heavy atom. The van der Waals surface area contributed by atoms with E-state index in [1.54, 1.807) is 0 Å². The highest BCUT2D eigenvalue weighted by atomic mass is 16.6. The monoisotopic (exact) mass is 384 g/mol. The molecule has 0 radical (unpaired) electrons. The number of methoxy groups -OCH3 is 1. The Bertz CT molecular complexity index is 778. The van der Waals surface area contributed by atoms with Crippen LogP contribution in [0.5, 0.6) is 0 Å². The Balaban J connectivity index is 1.40. The average molecular weight is 384 g/mol. The summed E-state index contributed by atoms with van der Waals surface area (Å²) in [5, 5.41) is 5.17. The van der Waals surface area contributed by atoms with Gasteiger partial charge in [0.1, 0.15) is 6.61 Å². The van der Waals surface area contributed by atoms with Crippen LogP contribution in [-0.2, 0) is 14.2 Å². The number of hydrogen-bond donors (Lipinski definition) is 2. The summed E-state index contributed by atoms with van der Waals surface area (Å²) < 4.78 is 15.2. The molecule has 1 aliphatic carbocycles.